The van der Waals surface area contributed by atoms with Crippen LogP contribution in [0.4, 0.5) is 13.2 Å². The number of amides is 1. The van der Waals surface area contributed by atoms with Crippen LogP contribution in [0.2, 0.25) is 0 Å². The monoisotopic (exact) mass is 457 g/mol. The average molecular weight is 458 g/mol. The van der Waals surface area contributed by atoms with Crippen LogP contribution in [0.5, 0.6) is 0 Å². The maximum absolute atomic E-state index is 14.0. The topological polar surface area (TPSA) is 56.0 Å². The molecule has 0 saturated heterocycles. The molecule has 2 unspecified atom stereocenters. The molecule has 0 radical (unpaired) electrons. The van der Waals surface area contributed by atoms with Gasteiger partial charge in [-0.2, -0.15) is 5.10 Å². The number of hydrogen-bond donors (Lipinski definition) is 0. The standard InChI is InChI=1S/C24H26F3N5O/c1-4-18-22-15(23(30(3)29-22)14-10-16(25)21(27)17(26)11-14)9-13(2)32(18)24(33)19-12-28-20-7-5-6-8-31(19)20/h10-13,18H,4-9H2,1-3H3. The van der Waals surface area contributed by atoms with Gasteiger partial charge in [0.25, 0.3) is 5.91 Å². The maximum atomic E-state index is 14.0. The highest BCUT2D eigenvalue weighted by Crippen LogP contribution is 2.40. The number of fused-ring (bicyclic) bond motifs is 2. The fourth-order valence-corrected chi connectivity index (χ4v) is 5.39. The fraction of sp³-hybridized carbons (Fsp3) is 0.458. The number of carbonyl (C=O) groups is 1. The Balaban J connectivity index is 1.57. The number of aryl methyl sites for hydroxylation is 2. The van der Waals surface area contributed by atoms with Gasteiger partial charge in [-0.15, -0.1) is 0 Å². The van der Waals surface area contributed by atoms with Gasteiger partial charge in [0.05, 0.1) is 23.6 Å². The summed E-state index contributed by atoms with van der Waals surface area (Å²) in [4.78, 5) is 20.0. The lowest BCUT2D eigenvalue weighted by molar-refractivity contribution is 0.0532. The molecular weight excluding hydrogens is 431 g/mol. The summed E-state index contributed by atoms with van der Waals surface area (Å²) in [5.74, 6) is -3.10. The van der Waals surface area contributed by atoms with Gasteiger partial charge in [0.2, 0.25) is 0 Å². The fourth-order valence-electron chi connectivity index (χ4n) is 5.39. The van der Waals surface area contributed by atoms with Gasteiger partial charge < -0.3 is 9.47 Å². The first-order valence-electron chi connectivity index (χ1n) is 11.4. The van der Waals surface area contributed by atoms with Crippen LogP contribution < -0.4 is 0 Å². The predicted molar refractivity (Wildman–Crippen MR) is 116 cm³/mol. The van der Waals surface area contributed by atoms with Crippen LogP contribution >= 0.6 is 0 Å². The number of halogens is 3. The molecule has 0 bridgehead atoms. The van der Waals surface area contributed by atoms with Crippen molar-refractivity contribution in [2.45, 2.75) is 64.6 Å². The van der Waals surface area contributed by atoms with Gasteiger partial charge >= 0.3 is 0 Å². The van der Waals surface area contributed by atoms with Crippen LogP contribution in [-0.4, -0.2) is 36.2 Å². The summed E-state index contributed by atoms with van der Waals surface area (Å²) in [6.45, 7) is 4.75. The summed E-state index contributed by atoms with van der Waals surface area (Å²) < 4.78 is 45.1. The van der Waals surface area contributed by atoms with Crippen molar-refractivity contribution < 1.29 is 18.0 Å². The van der Waals surface area contributed by atoms with Crippen molar-refractivity contribution in [3.05, 3.63) is 58.6 Å². The first-order valence-corrected chi connectivity index (χ1v) is 11.4. The van der Waals surface area contributed by atoms with Crippen LogP contribution in [0.1, 0.15) is 66.7 Å². The van der Waals surface area contributed by atoms with Crippen LogP contribution in [0.15, 0.2) is 18.3 Å². The molecule has 2 aliphatic rings. The van der Waals surface area contributed by atoms with Gasteiger partial charge in [-0.3, -0.25) is 9.48 Å². The molecule has 3 aromatic rings. The maximum Gasteiger partial charge on any atom is 0.272 e. The van der Waals surface area contributed by atoms with E-state index in [-0.39, 0.29) is 23.6 Å². The Morgan fingerprint density at radius 2 is 1.91 bits per heavy atom. The largest absolute Gasteiger partial charge is 0.326 e. The minimum absolute atomic E-state index is 0.0771. The molecule has 5 rings (SSSR count). The van der Waals surface area contributed by atoms with Gasteiger partial charge in [-0.1, -0.05) is 6.92 Å². The molecular formula is C24H26F3N5O. The Morgan fingerprint density at radius 3 is 2.61 bits per heavy atom. The third-order valence-corrected chi connectivity index (χ3v) is 6.87. The molecule has 0 N–H and O–H groups in total. The van der Waals surface area contributed by atoms with E-state index in [9.17, 15) is 18.0 Å². The van der Waals surface area contributed by atoms with E-state index in [4.69, 9.17) is 0 Å². The normalized spacial score (nSPS) is 20.0. The van der Waals surface area contributed by atoms with Gasteiger partial charge in [0, 0.05) is 37.2 Å². The van der Waals surface area contributed by atoms with Gasteiger partial charge in [0.1, 0.15) is 11.5 Å². The van der Waals surface area contributed by atoms with E-state index in [2.05, 4.69) is 10.1 Å². The van der Waals surface area contributed by atoms with Crippen LogP contribution in [0.25, 0.3) is 11.3 Å². The lowest BCUT2D eigenvalue weighted by Gasteiger charge is -2.40. The summed E-state index contributed by atoms with van der Waals surface area (Å²) in [6.07, 6.45) is 5.75. The van der Waals surface area contributed by atoms with E-state index in [1.807, 2.05) is 23.3 Å². The molecule has 1 aromatic carbocycles. The van der Waals surface area contributed by atoms with E-state index in [1.54, 1.807) is 17.9 Å². The van der Waals surface area contributed by atoms with Gasteiger partial charge in [-0.25, -0.2) is 18.2 Å². The second-order valence-corrected chi connectivity index (χ2v) is 8.95. The summed E-state index contributed by atoms with van der Waals surface area (Å²) in [6, 6.07) is 1.54. The molecule has 4 heterocycles. The van der Waals surface area contributed by atoms with Crippen LogP contribution in [0, 0.1) is 17.5 Å². The zero-order chi connectivity index (χ0) is 23.4. The van der Waals surface area contributed by atoms with E-state index in [0.717, 1.165) is 49.3 Å². The first kappa shape index (κ1) is 21.7. The van der Waals surface area contributed by atoms with Crippen molar-refractivity contribution in [3.8, 4) is 11.3 Å². The lowest BCUT2D eigenvalue weighted by Crippen LogP contribution is -2.46. The molecule has 9 heteroatoms. The Kier molecular flexibility index (Phi) is 5.29. The SMILES string of the molecule is CCC1c2nn(C)c(-c3cc(F)c(F)c(F)c3)c2CC(C)N1C(=O)c1cnc2n1CCCC2. The molecule has 33 heavy (non-hydrogen) atoms. The van der Waals surface area contributed by atoms with Crippen molar-refractivity contribution in [1.82, 2.24) is 24.2 Å². The lowest BCUT2D eigenvalue weighted by atomic mass is 9.89. The quantitative estimate of drug-likeness (QED) is 0.541. The molecule has 174 valence electrons. The second-order valence-electron chi connectivity index (χ2n) is 8.95. The number of imidazole rings is 1. The second kappa shape index (κ2) is 8.04. The molecule has 0 spiro atoms. The smallest absolute Gasteiger partial charge is 0.272 e. The zero-order valence-corrected chi connectivity index (χ0v) is 18.9. The highest BCUT2D eigenvalue weighted by Gasteiger charge is 2.40. The van der Waals surface area contributed by atoms with Crippen molar-refractivity contribution in [3.63, 3.8) is 0 Å². The molecule has 2 aromatic heterocycles. The molecule has 2 aliphatic heterocycles. The highest BCUT2D eigenvalue weighted by atomic mass is 19.2. The first-order chi connectivity index (χ1) is 15.8. The van der Waals surface area contributed by atoms with Crippen molar-refractivity contribution in [1.29, 1.82) is 0 Å². The minimum atomic E-state index is -1.49. The van der Waals surface area contributed by atoms with Crippen molar-refractivity contribution in [2.24, 2.45) is 7.05 Å². The number of carbonyl (C=O) groups excluding carboxylic acids is 1. The van der Waals surface area contributed by atoms with Crippen LogP contribution in [0.3, 0.4) is 0 Å². The Hall–Kier alpha value is -3.10. The summed E-state index contributed by atoms with van der Waals surface area (Å²) in [7, 11) is 1.70. The third-order valence-electron chi connectivity index (χ3n) is 6.87. The predicted octanol–water partition coefficient (Wildman–Crippen LogP) is 4.58. The molecule has 2 atom stereocenters. The molecule has 1 amide bonds. The number of benzene rings is 1. The van der Waals surface area contributed by atoms with Crippen molar-refractivity contribution in [2.75, 3.05) is 0 Å². The minimum Gasteiger partial charge on any atom is -0.326 e. The Morgan fingerprint density at radius 1 is 1.18 bits per heavy atom. The Labute approximate surface area is 190 Å². The number of rotatable bonds is 3. The summed E-state index contributed by atoms with van der Waals surface area (Å²) in [5.41, 5.74) is 2.92. The van der Waals surface area contributed by atoms with Gasteiger partial charge in [0.15, 0.2) is 17.5 Å². The zero-order valence-electron chi connectivity index (χ0n) is 18.9. The number of aromatic nitrogens is 4. The van der Waals surface area contributed by atoms with E-state index in [1.165, 1.54) is 0 Å². The number of nitrogens with zero attached hydrogens (tertiary/aromatic N) is 5. The molecule has 0 aliphatic carbocycles. The third kappa shape index (κ3) is 3.36. The molecule has 0 fully saturated rings. The average Bonchev–Trinajstić information content (AvgIpc) is 3.36. The van der Waals surface area contributed by atoms with E-state index >= 15 is 0 Å². The van der Waals surface area contributed by atoms with Crippen LogP contribution in [-0.2, 0) is 26.4 Å². The van der Waals surface area contributed by atoms with Crippen molar-refractivity contribution >= 4 is 5.91 Å². The summed E-state index contributed by atoms with van der Waals surface area (Å²) >= 11 is 0. The number of hydrogen-bond acceptors (Lipinski definition) is 3. The van der Waals surface area contributed by atoms with Gasteiger partial charge in [-0.05, 0) is 44.7 Å². The van der Waals surface area contributed by atoms with E-state index < -0.39 is 17.5 Å². The van der Waals surface area contributed by atoms with E-state index in [0.29, 0.717) is 29.9 Å². The molecule has 6 nitrogen and oxygen atoms in total. The molecule has 0 saturated carbocycles. The highest BCUT2D eigenvalue weighted by molar-refractivity contribution is 5.93. The Bertz CT molecular complexity index is 1220. The summed E-state index contributed by atoms with van der Waals surface area (Å²) in [5, 5.41) is 4.66.